The number of H-pyrrole nitrogens is 1. The molecule has 1 atom stereocenters. The first-order valence-electron chi connectivity index (χ1n) is 8.38. The van der Waals surface area contributed by atoms with Gasteiger partial charge in [-0.15, -0.1) is 0 Å². The standard InChI is InChI=1S/C19H16N4O3/c1-10-16(11(2)26-22-10)13-5-6-14-17-18(13)25-9-15(23(17)21-19(14)24)12-4-3-7-20-8-12/h3-8,15H,9H2,1-2H3,(H,21,24). The summed E-state index contributed by atoms with van der Waals surface area (Å²) < 4.78 is 13.4. The van der Waals surface area contributed by atoms with E-state index in [0.29, 0.717) is 17.7 Å². The molecular weight excluding hydrogens is 332 g/mol. The van der Waals surface area contributed by atoms with Crippen molar-refractivity contribution in [2.24, 2.45) is 0 Å². The van der Waals surface area contributed by atoms with Gasteiger partial charge in [-0.25, -0.2) is 0 Å². The van der Waals surface area contributed by atoms with Gasteiger partial charge in [-0.05, 0) is 37.6 Å². The molecule has 1 aromatic carbocycles. The average molecular weight is 348 g/mol. The number of hydrogen-bond donors (Lipinski definition) is 1. The molecule has 0 aliphatic carbocycles. The number of pyridine rings is 1. The molecule has 1 aliphatic heterocycles. The van der Waals surface area contributed by atoms with Crippen molar-refractivity contribution in [3.8, 4) is 16.9 Å². The molecule has 1 N–H and O–H groups in total. The monoisotopic (exact) mass is 348 g/mol. The molecule has 1 aliphatic rings. The maximum atomic E-state index is 12.5. The number of nitrogens with zero attached hydrogens (tertiary/aromatic N) is 3. The van der Waals surface area contributed by atoms with Gasteiger partial charge in [0.1, 0.15) is 23.9 Å². The lowest BCUT2D eigenvalue weighted by Crippen LogP contribution is -2.25. The van der Waals surface area contributed by atoms with Crippen LogP contribution in [0.4, 0.5) is 0 Å². The lowest BCUT2D eigenvalue weighted by atomic mass is 10.00. The Morgan fingerprint density at radius 1 is 1.27 bits per heavy atom. The van der Waals surface area contributed by atoms with Crippen molar-refractivity contribution in [2.75, 3.05) is 6.61 Å². The third kappa shape index (κ3) is 1.97. The highest BCUT2D eigenvalue weighted by molar-refractivity contribution is 5.93. The van der Waals surface area contributed by atoms with Crippen molar-refractivity contribution >= 4 is 10.9 Å². The smallest absolute Gasteiger partial charge is 0.272 e. The largest absolute Gasteiger partial charge is 0.488 e. The van der Waals surface area contributed by atoms with Crippen LogP contribution in [0.25, 0.3) is 22.0 Å². The van der Waals surface area contributed by atoms with Crippen molar-refractivity contribution in [3.05, 3.63) is 64.0 Å². The fraction of sp³-hybridized carbons (Fsp3) is 0.211. The summed E-state index contributed by atoms with van der Waals surface area (Å²) in [6, 6.07) is 7.44. The van der Waals surface area contributed by atoms with E-state index >= 15 is 0 Å². The van der Waals surface area contributed by atoms with Crippen molar-refractivity contribution in [2.45, 2.75) is 19.9 Å². The topological polar surface area (TPSA) is 85.9 Å². The van der Waals surface area contributed by atoms with Crippen molar-refractivity contribution < 1.29 is 9.26 Å². The highest BCUT2D eigenvalue weighted by Crippen LogP contribution is 2.42. The van der Waals surface area contributed by atoms with E-state index in [2.05, 4.69) is 15.2 Å². The second kappa shape index (κ2) is 5.32. The van der Waals surface area contributed by atoms with Crippen LogP contribution in [0.1, 0.15) is 23.1 Å². The van der Waals surface area contributed by atoms with E-state index in [0.717, 1.165) is 33.7 Å². The third-order valence-electron chi connectivity index (χ3n) is 4.91. The summed E-state index contributed by atoms with van der Waals surface area (Å²) in [5.41, 5.74) is 4.18. The summed E-state index contributed by atoms with van der Waals surface area (Å²) in [6.45, 7) is 4.17. The minimum absolute atomic E-state index is 0.133. The van der Waals surface area contributed by atoms with E-state index in [4.69, 9.17) is 9.26 Å². The predicted octanol–water partition coefficient (Wildman–Crippen LogP) is 2.98. The zero-order valence-corrected chi connectivity index (χ0v) is 14.3. The van der Waals surface area contributed by atoms with Crippen LogP contribution in [0.2, 0.25) is 0 Å². The van der Waals surface area contributed by atoms with Crippen LogP contribution in [0.3, 0.4) is 0 Å². The number of hydrogen-bond acceptors (Lipinski definition) is 5. The fourth-order valence-corrected chi connectivity index (χ4v) is 3.72. The molecule has 0 saturated heterocycles. The molecule has 26 heavy (non-hydrogen) atoms. The number of rotatable bonds is 2. The number of nitrogens with one attached hydrogen (secondary N) is 1. The Morgan fingerprint density at radius 2 is 2.15 bits per heavy atom. The maximum absolute atomic E-state index is 12.5. The van der Waals surface area contributed by atoms with Crippen LogP contribution in [0.15, 0.2) is 46.0 Å². The van der Waals surface area contributed by atoms with Gasteiger partial charge >= 0.3 is 0 Å². The molecule has 4 heterocycles. The highest BCUT2D eigenvalue weighted by atomic mass is 16.5. The first-order chi connectivity index (χ1) is 12.6. The highest BCUT2D eigenvalue weighted by Gasteiger charge is 2.29. The van der Waals surface area contributed by atoms with E-state index < -0.39 is 0 Å². The number of aromatic nitrogens is 4. The molecule has 7 nitrogen and oxygen atoms in total. The Kier molecular flexibility index (Phi) is 3.06. The molecule has 1 unspecified atom stereocenters. The van der Waals surface area contributed by atoms with Gasteiger partial charge in [0, 0.05) is 18.0 Å². The predicted molar refractivity (Wildman–Crippen MR) is 95.4 cm³/mol. The first-order valence-corrected chi connectivity index (χ1v) is 8.38. The lowest BCUT2D eigenvalue weighted by Gasteiger charge is -2.27. The van der Waals surface area contributed by atoms with E-state index in [9.17, 15) is 4.79 Å². The molecule has 3 aromatic heterocycles. The Hall–Kier alpha value is -3.35. The van der Waals surface area contributed by atoms with Crippen molar-refractivity contribution in [1.29, 1.82) is 0 Å². The Morgan fingerprint density at radius 3 is 2.88 bits per heavy atom. The van der Waals surface area contributed by atoms with Crippen LogP contribution >= 0.6 is 0 Å². The molecule has 4 aromatic rings. The Balaban J connectivity index is 1.80. The van der Waals surface area contributed by atoms with Gasteiger partial charge < -0.3 is 9.26 Å². The zero-order valence-electron chi connectivity index (χ0n) is 14.3. The fourth-order valence-electron chi connectivity index (χ4n) is 3.72. The summed E-state index contributed by atoms with van der Waals surface area (Å²) in [4.78, 5) is 16.7. The molecule has 0 radical (unpaired) electrons. The van der Waals surface area contributed by atoms with Crippen LogP contribution in [0.5, 0.6) is 5.75 Å². The van der Waals surface area contributed by atoms with Gasteiger partial charge in [0.05, 0.1) is 16.6 Å². The number of aryl methyl sites for hydroxylation is 2. The van der Waals surface area contributed by atoms with E-state index in [1.54, 1.807) is 12.4 Å². The molecule has 0 amide bonds. The number of aromatic amines is 1. The molecule has 0 spiro atoms. The first kappa shape index (κ1) is 14.9. The van der Waals surface area contributed by atoms with E-state index in [-0.39, 0.29) is 11.6 Å². The summed E-state index contributed by atoms with van der Waals surface area (Å²) >= 11 is 0. The third-order valence-corrected chi connectivity index (χ3v) is 4.91. The molecule has 5 rings (SSSR count). The van der Waals surface area contributed by atoms with Crippen molar-refractivity contribution in [1.82, 2.24) is 19.9 Å². The molecule has 0 bridgehead atoms. The normalized spacial score (nSPS) is 16.0. The molecule has 0 fully saturated rings. The summed E-state index contributed by atoms with van der Waals surface area (Å²) in [5, 5.41) is 7.60. The Labute approximate surface area is 148 Å². The minimum Gasteiger partial charge on any atom is -0.488 e. The summed E-state index contributed by atoms with van der Waals surface area (Å²) in [5.74, 6) is 1.40. The number of benzene rings is 1. The van der Waals surface area contributed by atoms with E-state index in [1.807, 2.05) is 42.8 Å². The average Bonchev–Trinajstić information content (AvgIpc) is 3.17. The van der Waals surface area contributed by atoms with Crippen LogP contribution in [-0.2, 0) is 0 Å². The molecular formula is C19H16N4O3. The molecule has 130 valence electrons. The van der Waals surface area contributed by atoms with Crippen molar-refractivity contribution in [3.63, 3.8) is 0 Å². The van der Waals surface area contributed by atoms with Gasteiger partial charge in [-0.3, -0.25) is 19.6 Å². The summed E-state index contributed by atoms with van der Waals surface area (Å²) in [7, 11) is 0. The number of ether oxygens (including phenoxy) is 1. The maximum Gasteiger partial charge on any atom is 0.272 e. The van der Waals surface area contributed by atoms with Gasteiger partial charge in [-0.2, -0.15) is 0 Å². The lowest BCUT2D eigenvalue weighted by molar-refractivity contribution is 0.249. The Bertz CT molecular complexity index is 1170. The molecule has 0 saturated carbocycles. The SMILES string of the molecule is Cc1noc(C)c1-c1ccc2c(=O)[nH]n3c2c1OCC3c1cccnc1. The van der Waals surface area contributed by atoms with Gasteiger partial charge in [0.15, 0.2) is 5.75 Å². The van der Waals surface area contributed by atoms with Gasteiger partial charge in [0.25, 0.3) is 5.56 Å². The second-order valence-electron chi connectivity index (χ2n) is 6.46. The minimum atomic E-state index is -0.138. The van der Waals surface area contributed by atoms with Gasteiger partial charge in [0.2, 0.25) is 0 Å². The van der Waals surface area contributed by atoms with E-state index in [1.165, 1.54) is 0 Å². The summed E-state index contributed by atoms with van der Waals surface area (Å²) in [6.07, 6.45) is 3.52. The molecule has 7 heteroatoms. The van der Waals surface area contributed by atoms with Crippen LogP contribution in [0, 0.1) is 13.8 Å². The second-order valence-corrected chi connectivity index (χ2v) is 6.46. The van der Waals surface area contributed by atoms with Crippen LogP contribution in [-0.4, -0.2) is 26.5 Å². The quantitative estimate of drug-likeness (QED) is 0.602. The van der Waals surface area contributed by atoms with Crippen LogP contribution < -0.4 is 10.3 Å². The van der Waals surface area contributed by atoms with Gasteiger partial charge in [-0.1, -0.05) is 11.2 Å². The zero-order chi connectivity index (χ0) is 17.8.